The second-order valence-corrected chi connectivity index (χ2v) is 3.49. The molecule has 0 aliphatic carbocycles. The van der Waals surface area contributed by atoms with Crippen molar-refractivity contribution in [3.8, 4) is 6.07 Å². The largest absolute Gasteiger partial charge is 0.397 e. The van der Waals surface area contributed by atoms with Crippen LogP contribution in [0, 0.1) is 11.3 Å². The van der Waals surface area contributed by atoms with Crippen LogP contribution in [0.4, 0.5) is 11.5 Å². The van der Waals surface area contributed by atoms with E-state index in [1.165, 1.54) is 6.20 Å². The molecule has 2 rings (SSSR count). The lowest BCUT2D eigenvalue weighted by Gasteiger charge is -2.07. The Kier molecular flexibility index (Phi) is 3.17. The number of nitrogens with zero attached hydrogens (tertiary/aromatic N) is 3. The van der Waals surface area contributed by atoms with Crippen LogP contribution in [0.3, 0.4) is 0 Å². The Morgan fingerprint density at radius 1 is 1.35 bits per heavy atom. The smallest absolute Gasteiger partial charge is 0.144 e. The lowest BCUT2D eigenvalue weighted by atomic mass is 10.2. The molecule has 0 aliphatic rings. The SMILES string of the molecule is N#Cc1cc(N)cnc1NCc1ccncc1. The summed E-state index contributed by atoms with van der Waals surface area (Å²) in [6.07, 6.45) is 4.97. The lowest BCUT2D eigenvalue weighted by Crippen LogP contribution is -2.04. The number of anilines is 2. The Balaban J connectivity index is 2.12. The fraction of sp³-hybridized carbons (Fsp3) is 0.0833. The maximum absolute atomic E-state index is 8.94. The number of nitrogen functional groups attached to an aromatic ring is 1. The van der Waals surface area contributed by atoms with Crippen LogP contribution in [-0.2, 0) is 6.54 Å². The highest BCUT2D eigenvalue weighted by atomic mass is 15.0. The van der Waals surface area contributed by atoms with Gasteiger partial charge in [-0.2, -0.15) is 5.26 Å². The molecule has 2 aromatic rings. The monoisotopic (exact) mass is 225 g/mol. The first-order chi connectivity index (χ1) is 8.29. The predicted octanol–water partition coefficient (Wildman–Crippen LogP) is 1.54. The number of hydrogen-bond donors (Lipinski definition) is 2. The van der Waals surface area contributed by atoms with Crippen molar-refractivity contribution in [1.82, 2.24) is 9.97 Å². The van der Waals surface area contributed by atoms with Gasteiger partial charge >= 0.3 is 0 Å². The molecule has 0 aromatic carbocycles. The fourth-order valence-electron chi connectivity index (χ4n) is 1.39. The minimum Gasteiger partial charge on any atom is -0.397 e. The number of pyridine rings is 2. The third-order valence-electron chi connectivity index (χ3n) is 2.24. The molecule has 0 saturated heterocycles. The lowest BCUT2D eigenvalue weighted by molar-refractivity contribution is 1.09. The van der Waals surface area contributed by atoms with E-state index in [0.29, 0.717) is 23.6 Å². The molecule has 0 atom stereocenters. The van der Waals surface area contributed by atoms with Gasteiger partial charge in [0.05, 0.1) is 17.4 Å². The minimum absolute atomic E-state index is 0.444. The average Bonchev–Trinajstić information content (AvgIpc) is 2.38. The fourth-order valence-corrected chi connectivity index (χ4v) is 1.39. The van der Waals surface area contributed by atoms with Crippen molar-refractivity contribution >= 4 is 11.5 Å². The van der Waals surface area contributed by atoms with Gasteiger partial charge in [0.2, 0.25) is 0 Å². The topological polar surface area (TPSA) is 87.6 Å². The molecule has 2 heterocycles. The second kappa shape index (κ2) is 4.94. The number of nitrogens with one attached hydrogen (secondary N) is 1. The summed E-state index contributed by atoms with van der Waals surface area (Å²) in [5.74, 6) is 0.540. The van der Waals surface area contributed by atoms with E-state index in [0.717, 1.165) is 5.56 Å². The highest BCUT2D eigenvalue weighted by molar-refractivity contribution is 5.57. The Labute approximate surface area is 98.9 Å². The van der Waals surface area contributed by atoms with Crippen molar-refractivity contribution in [2.75, 3.05) is 11.1 Å². The molecule has 5 heteroatoms. The molecule has 0 unspecified atom stereocenters. The molecule has 0 amide bonds. The van der Waals surface area contributed by atoms with Crippen LogP contribution in [0.25, 0.3) is 0 Å². The molecule has 5 nitrogen and oxygen atoms in total. The van der Waals surface area contributed by atoms with Crippen molar-refractivity contribution in [3.05, 3.63) is 47.9 Å². The van der Waals surface area contributed by atoms with E-state index in [1.807, 2.05) is 12.1 Å². The van der Waals surface area contributed by atoms with Gasteiger partial charge in [0.25, 0.3) is 0 Å². The van der Waals surface area contributed by atoms with E-state index >= 15 is 0 Å². The van der Waals surface area contributed by atoms with Gasteiger partial charge in [0.15, 0.2) is 0 Å². The minimum atomic E-state index is 0.444. The van der Waals surface area contributed by atoms with Crippen LogP contribution in [-0.4, -0.2) is 9.97 Å². The van der Waals surface area contributed by atoms with Crippen molar-refractivity contribution in [2.24, 2.45) is 0 Å². The van der Waals surface area contributed by atoms with E-state index in [2.05, 4.69) is 21.4 Å². The molecule has 2 aromatic heterocycles. The molecule has 0 radical (unpaired) electrons. The summed E-state index contributed by atoms with van der Waals surface area (Å²) in [5, 5.41) is 12.0. The Hall–Kier alpha value is -2.61. The van der Waals surface area contributed by atoms with E-state index < -0.39 is 0 Å². The summed E-state index contributed by atoms with van der Waals surface area (Å²) in [5.41, 5.74) is 7.56. The highest BCUT2D eigenvalue weighted by Gasteiger charge is 2.03. The quantitative estimate of drug-likeness (QED) is 0.827. The van der Waals surface area contributed by atoms with Crippen LogP contribution in [0.2, 0.25) is 0 Å². The zero-order chi connectivity index (χ0) is 12.1. The molecule has 0 bridgehead atoms. The zero-order valence-electron chi connectivity index (χ0n) is 9.09. The van der Waals surface area contributed by atoms with Gasteiger partial charge in [-0.1, -0.05) is 0 Å². The van der Waals surface area contributed by atoms with Crippen molar-refractivity contribution < 1.29 is 0 Å². The maximum Gasteiger partial charge on any atom is 0.144 e. The molecule has 84 valence electrons. The standard InChI is InChI=1S/C12H11N5/c13-6-10-5-11(14)8-17-12(10)16-7-9-1-3-15-4-2-9/h1-5,8H,7,14H2,(H,16,17). The Morgan fingerprint density at radius 3 is 2.82 bits per heavy atom. The number of nitriles is 1. The van der Waals surface area contributed by atoms with Gasteiger partial charge in [0, 0.05) is 18.9 Å². The van der Waals surface area contributed by atoms with Gasteiger partial charge in [-0.25, -0.2) is 4.98 Å². The first-order valence-electron chi connectivity index (χ1n) is 5.08. The Morgan fingerprint density at radius 2 is 2.12 bits per heavy atom. The molecule has 17 heavy (non-hydrogen) atoms. The van der Waals surface area contributed by atoms with E-state index in [4.69, 9.17) is 11.0 Å². The van der Waals surface area contributed by atoms with Crippen LogP contribution in [0.5, 0.6) is 0 Å². The summed E-state index contributed by atoms with van der Waals surface area (Å²) in [7, 11) is 0. The van der Waals surface area contributed by atoms with Gasteiger partial charge < -0.3 is 11.1 Å². The van der Waals surface area contributed by atoms with Gasteiger partial charge in [0.1, 0.15) is 11.9 Å². The summed E-state index contributed by atoms with van der Waals surface area (Å²) in [6, 6.07) is 7.45. The second-order valence-electron chi connectivity index (χ2n) is 3.49. The molecule has 3 N–H and O–H groups in total. The van der Waals surface area contributed by atoms with Crippen molar-refractivity contribution in [2.45, 2.75) is 6.54 Å². The molecule has 0 spiro atoms. The molecule has 0 aliphatic heterocycles. The molecule has 0 saturated carbocycles. The molecule has 0 fully saturated rings. The van der Waals surface area contributed by atoms with Crippen LogP contribution >= 0.6 is 0 Å². The van der Waals surface area contributed by atoms with Crippen LogP contribution in [0.15, 0.2) is 36.8 Å². The van der Waals surface area contributed by atoms with Crippen molar-refractivity contribution in [1.29, 1.82) is 5.26 Å². The molecular formula is C12H11N5. The van der Waals surface area contributed by atoms with E-state index in [-0.39, 0.29) is 0 Å². The molecular weight excluding hydrogens is 214 g/mol. The summed E-state index contributed by atoms with van der Waals surface area (Å²) < 4.78 is 0. The summed E-state index contributed by atoms with van der Waals surface area (Å²) >= 11 is 0. The maximum atomic E-state index is 8.94. The van der Waals surface area contributed by atoms with E-state index in [9.17, 15) is 0 Å². The van der Waals surface area contributed by atoms with E-state index in [1.54, 1.807) is 18.5 Å². The van der Waals surface area contributed by atoms with Gasteiger partial charge in [-0.15, -0.1) is 0 Å². The number of rotatable bonds is 3. The summed E-state index contributed by atoms with van der Waals surface area (Å²) in [4.78, 5) is 8.02. The predicted molar refractivity (Wildman–Crippen MR) is 64.9 cm³/mol. The first kappa shape index (κ1) is 10.9. The number of aromatic nitrogens is 2. The van der Waals surface area contributed by atoms with Gasteiger partial charge in [-0.3, -0.25) is 4.98 Å². The van der Waals surface area contributed by atoms with Crippen molar-refractivity contribution in [3.63, 3.8) is 0 Å². The highest BCUT2D eigenvalue weighted by Crippen LogP contribution is 2.14. The third-order valence-corrected chi connectivity index (χ3v) is 2.24. The summed E-state index contributed by atoms with van der Waals surface area (Å²) in [6.45, 7) is 0.591. The average molecular weight is 225 g/mol. The number of hydrogen-bond acceptors (Lipinski definition) is 5. The normalized spacial score (nSPS) is 9.59. The van der Waals surface area contributed by atoms with Crippen LogP contribution < -0.4 is 11.1 Å². The zero-order valence-corrected chi connectivity index (χ0v) is 9.09. The third kappa shape index (κ3) is 2.69. The van der Waals surface area contributed by atoms with Crippen LogP contribution in [0.1, 0.15) is 11.1 Å². The van der Waals surface area contributed by atoms with Gasteiger partial charge in [-0.05, 0) is 23.8 Å². The first-order valence-corrected chi connectivity index (χ1v) is 5.08. The Bertz CT molecular complexity index is 545. The number of nitrogens with two attached hydrogens (primary N) is 1.